The highest BCUT2D eigenvalue weighted by Gasteiger charge is 2.38. The van der Waals surface area contributed by atoms with E-state index < -0.39 is 18.8 Å². The van der Waals surface area contributed by atoms with E-state index in [2.05, 4.69) is 25.7 Å². The van der Waals surface area contributed by atoms with Gasteiger partial charge >= 0.3 is 6.18 Å². The molecule has 0 amide bonds. The summed E-state index contributed by atoms with van der Waals surface area (Å²) in [4.78, 5) is 8.39. The fourth-order valence-corrected chi connectivity index (χ4v) is 2.39. The molecule has 1 aromatic rings. The Morgan fingerprint density at radius 1 is 1.46 bits per heavy atom. The molecule has 2 heterocycles. The Bertz CT molecular complexity index is 584. The van der Waals surface area contributed by atoms with Crippen molar-refractivity contribution in [2.24, 2.45) is 4.99 Å². The number of aliphatic hydroxyl groups is 1. The van der Waals surface area contributed by atoms with E-state index >= 15 is 0 Å². The van der Waals surface area contributed by atoms with Crippen LogP contribution in [0.3, 0.4) is 0 Å². The molecule has 0 saturated carbocycles. The van der Waals surface area contributed by atoms with E-state index in [-0.39, 0.29) is 17.9 Å². The maximum absolute atomic E-state index is 12.3. The molecule has 0 fully saturated rings. The number of guanidine groups is 1. The lowest BCUT2D eigenvalue weighted by atomic mass is 10.1. The van der Waals surface area contributed by atoms with Crippen LogP contribution < -0.4 is 10.6 Å². The third-order valence-electron chi connectivity index (χ3n) is 3.80. The van der Waals surface area contributed by atoms with Crippen LogP contribution in [0.15, 0.2) is 4.99 Å². The Kier molecular flexibility index (Phi) is 5.68. The number of alkyl halides is 3. The highest BCUT2D eigenvalue weighted by Crippen LogP contribution is 2.19. The first-order valence-electron chi connectivity index (χ1n) is 7.86. The van der Waals surface area contributed by atoms with Gasteiger partial charge in [-0.2, -0.15) is 18.3 Å². The zero-order valence-electron chi connectivity index (χ0n) is 13.9. The fraction of sp³-hybridized carbons (Fsp3) is 0.786. The first kappa shape index (κ1) is 18.5. The van der Waals surface area contributed by atoms with Crippen molar-refractivity contribution in [1.82, 2.24) is 25.4 Å². The first-order chi connectivity index (χ1) is 11.2. The van der Waals surface area contributed by atoms with Gasteiger partial charge in [-0.1, -0.05) is 13.8 Å². The van der Waals surface area contributed by atoms with Gasteiger partial charge in [-0.25, -0.2) is 9.67 Å². The Labute approximate surface area is 138 Å². The number of aryl methyl sites for hydroxylation is 1. The lowest BCUT2D eigenvalue weighted by molar-refractivity contribution is -0.201. The molecule has 1 aromatic heterocycles. The van der Waals surface area contributed by atoms with Crippen molar-refractivity contribution in [2.75, 3.05) is 13.6 Å². The quantitative estimate of drug-likeness (QED) is 0.554. The molecule has 136 valence electrons. The van der Waals surface area contributed by atoms with Crippen LogP contribution >= 0.6 is 0 Å². The number of halogens is 3. The third-order valence-corrected chi connectivity index (χ3v) is 3.80. The molecule has 10 heteroatoms. The van der Waals surface area contributed by atoms with Gasteiger partial charge in [0.2, 0.25) is 0 Å². The highest BCUT2D eigenvalue weighted by molar-refractivity contribution is 5.80. The van der Waals surface area contributed by atoms with Crippen molar-refractivity contribution in [2.45, 2.75) is 57.5 Å². The predicted octanol–water partition coefficient (Wildman–Crippen LogP) is 0.804. The van der Waals surface area contributed by atoms with Crippen molar-refractivity contribution in [3.05, 3.63) is 11.6 Å². The predicted molar refractivity (Wildman–Crippen MR) is 82.8 cm³/mol. The highest BCUT2D eigenvalue weighted by atomic mass is 19.4. The molecule has 3 N–H and O–H groups in total. The number of hydrogen-bond acceptors (Lipinski definition) is 4. The first-order valence-corrected chi connectivity index (χ1v) is 7.86. The van der Waals surface area contributed by atoms with Gasteiger partial charge in [0.05, 0.1) is 13.1 Å². The number of hydrogen-bond donors (Lipinski definition) is 3. The Morgan fingerprint density at radius 3 is 2.75 bits per heavy atom. The number of rotatable bonds is 4. The lowest BCUT2D eigenvalue weighted by Gasteiger charge is -2.26. The van der Waals surface area contributed by atoms with Gasteiger partial charge in [0.1, 0.15) is 5.82 Å². The average molecular weight is 348 g/mol. The number of aliphatic hydroxyl groups excluding tert-OH is 1. The Balaban J connectivity index is 1.90. The molecule has 0 aromatic carbocycles. The van der Waals surface area contributed by atoms with Gasteiger partial charge in [0.15, 0.2) is 17.9 Å². The molecule has 1 aliphatic heterocycles. The summed E-state index contributed by atoms with van der Waals surface area (Å²) in [6.07, 6.45) is -5.57. The summed E-state index contributed by atoms with van der Waals surface area (Å²) in [6, 6.07) is -0.0200. The second kappa shape index (κ2) is 7.37. The molecule has 0 spiro atoms. The standard InChI is InChI=1S/C14H23F3N6O/c1-8(2)12-21-11-5-4-9(7-23(11)22-12)20-13(18-3)19-6-10(24)14(15,16)17/h8-10,24H,4-7H2,1-3H3,(H2,18,19,20). The molecule has 0 saturated heterocycles. The second-order valence-electron chi connectivity index (χ2n) is 6.11. The molecule has 0 aliphatic carbocycles. The van der Waals surface area contributed by atoms with Crippen LogP contribution in [0.4, 0.5) is 13.2 Å². The van der Waals surface area contributed by atoms with E-state index in [9.17, 15) is 13.2 Å². The summed E-state index contributed by atoms with van der Waals surface area (Å²) in [7, 11) is 1.47. The number of aromatic nitrogens is 3. The topological polar surface area (TPSA) is 87.4 Å². The van der Waals surface area contributed by atoms with Gasteiger partial charge in [0, 0.05) is 25.4 Å². The molecule has 1 aliphatic rings. The van der Waals surface area contributed by atoms with E-state index in [0.717, 1.165) is 24.5 Å². The van der Waals surface area contributed by atoms with Gasteiger partial charge in [-0.05, 0) is 6.42 Å². The van der Waals surface area contributed by atoms with E-state index in [0.29, 0.717) is 6.54 Å². The third kappa shape index (κ3) is 4.59. The molecule has 7 nitrogen and oxygen atoms in total. The number of aliphatic imine (C=N–C) groups is 1. The van der Waals surface area contributed by atoms with E-state index in [1.165, 1.54) is 7.05 Å². The average Bonchev–Trinajstić information content (AvgIpc) is 2.93. The summed E-state index contributed by atoms with van der Waals surface area (Å²) in [6.45, 7) is 3.96. The van der Waals surface area contributed by atoms with Gasteiger partial charge in [-0.3, -0.25) is 4.99 Å². The minimum Gasteiger partial charge on any atom is -0.382 e. The van der Waals surface area contributed by atoms with Crippen LogP contribution in [0.25, 0.3) is 0 Å². The van der Waals surface area contributed by atoms with Crippen LogP contribution in [-0.2, 0) is 13.0 Å². The zero-order chi connectivity index (χ0) is 17.9. The summed E-state index contributed by atoms with van der Waals surface area (Å²) in [5.74, 6) is 2.18. The van der Waals surface area contributed by atoms with Gasteiger partial charge in [0.25, 0.3) is 0 Å². The molecule has 24 heavy (non-hydrogen) atoms. The summed E-state index contributed by atoms with van der Waals surface area (Å²) in [5, 5.41) is 19.0. The molecular weight excluding hydrogens is 325 g/mol. The smallest absolute Gasteiger partial charge is 0.382 e. The SMILES string of the molecule is CN=C(NCC(O)C(F)(F)F)NC1CCc2nc(C(C)C)nn2C1. The Hall–Kier alpha value is -1.84. The zero-order valence-corrected chi connectivity index (χ0v) is 13.9. The van der Waals surface area contributed by atoms with E-state index in [1.807, 2.05) is 18.5 Å². The summed E-state index contributed by atoms with van der Waals surface area (Å²) in [5.41, 5.74) is 0. The molecule has 2 rings (SSSR count). The van der Waals surface area contributed by atoms with Crippen molar-refractivity contribution in [3.8, 4) is 0 Å². The molecule has 2 atom stereocenters. The Morgan fingerprint density at radius 2 is 2.17 bits per heavy atom. The molecule has 2 unspecified atom stereocenters. The van der Waals surface area contributed by atoms with Crippen LogP contribution in [0.2, 0.25) is 0 Å². The number of nitrogens with one attached hydrogen (secondary N) is 2. The van der Waals surface area contributed by atoms with Gasteiger partial charge < -0.3 is 15.7 Å². The van der Waals surface area contributed by atoms with Crippen LogP contribution in [0, 0.1) is 0 Å². The monoisotopic (exact) mass is 348 g/mol. The minimum absolute atomic E-state index is 0.0200. The normalized spacial score (nSPS) is 20.0. The summed E-state index contributed by atoms with van der Waals surface area (Å²) >= 11 is 0. The van der Waals surface area contributed by atoms with Gasteiger partial charge in [-0.15, -0.1) is 0 Å². The van der Waals surface area contributed by atoms with Crippen LogP contribution in [-0.4, -0.2) is 57.7 Å². The number of nitrogens with zero attached hydrogens (tertiary/aromatic N) is 4. The molecular formula is C14H23F3N6O. The lowest BCUT2D eigenvalue weighted by Crippen LogP contribution is -2.50. The maximum atomic E-state index is 12.3. The van der Waals surface area contributed by atoms with Crippen LogP contribution in [0.1, 0.15) is 37.8 Å². The molecule has 0 radical (unpaired) electrons. The van der Waals surface area contributed by atoms with E-state index in [4.69, 9.17) is 5.11 Å². The van der Waals surface area contributed by atoms with Crippen molar-refractivity contribution in [1.29, 1.82) is 0 Å². The largest absolute Gasteiger partial charge is 0.416 e. The number of fused-ring (bicyclic) bond motifs is 1. The van der Waals surface area contributed by atoms with Crippen molar-refractivity contribution >= 4 is 5.96 Å². The second-order valence-corrected chi connectivity index (χ2v) is 6.11. The minimum atomic E-state index is -4.65. The summed E-state index contributed by atoms with van der Waals surface area (Å²) < 4.78 is 38.8. The maximum Gasteiger partial charge on any atom is 0.416 e. The van der Waals surface area contributed by atoms with Crippen LogP contribution in [0.5, 0.6) is 0 Å². The molecule has 0 bridgehead atoms. The van der Waals surface area contributed by atoms with Crippen molar-refractivity contribution < 1.29 is 18.3 Å². The van der Waals surface area contributed by atoms with E-state index in [1.54, 1.807) is 0 Å². The fourth-order valence-electron chi connectivity index (χ4n) is 2.39. The van der Waals surface area contributed by atoms with Crippen molar-refractivity contribution in [3.63, 3.8) is 0 Å².